The van der Waals surface area contributed by atoms with Crippen molar-refractivity contribution in [3.05, 3.63) is 29.7 Å². The Morgan fingerprint density at radius 3 is 2.28 bits per heavy atom. The highest BCUT2D eigenvalue weighted by Gasteiger charge is 2.36. The third-order valence-electron chi connectivity index (χ3n) is 4.53. The van der Waals surface area contributed by atoms with Gasteiger partial charge in [0, 0.05) is 24.8 Å². The second kappa shape index (κ2) is 12.4. The fourth-order valence-corrected chi connectivity index (χ4v) is 3.60. The van der Waals surface area contributed by atoms with Gasteiger partial charge in [0.05, 0.1) is 25.4 Å². The van der Waals surface area contributed by atoms with Gasteiger partial charge in [-0.15, -0.1) is 0 Å². The Morgan fingerprint density at radius 2 is 1.82 bits per heavy atom. The van der Waals surface area contributed by atoms with Crippen molar-refractivity contribution in [3.63, 3.8) is 0 Å². The molecular formula is C23H33F3N8O4S. The first-order chi connectivity index (χ1) is 17.9. The summed E-state index contributed by atoms with van der Waals surface area (Å²) < 4.78 is 56.6. The summed E-state index contributed by atoms with van der Waals surface area (Å²) in [7, 11) is 3.28. The molecule has 0 aliphatic heterocycles. The number of carbonyl (C=O) groups is 2. The van der Waals surface area contributed by atoms with Crippen molar-refractivity contribution in [2.24, 2.45) is 7.05 Å². The highest BCUT2D eigenvalue weighted by molar-refractivity contribution is 7.07. The van der Waals surface area contributed by atoms with Crippen LogP contribution in [0.3, 0.4) is 0 Å². The van der Waals surface area contributed by atoms with Crippen molar-refractivity contribution in [2.45, 2.75) is 65.4 Å². The van der Waals surface area contributed by atoms with E-state index in [0.29, 0.717) is 0 Å². The van der Waals surface area contributed by atoms with Gasteiger partial charge in [-0.1, -0.05) is 0 Å². The van der Waals surface area contributed by atoms with Crippen LogP contribution in [0, 0.1) is 6.92 Å². The lowest BCUT2D eigenvalue weighted by Crippen LogP contribution is -2.50. The molecule has 3 aromatic rings. The maximum Gasteiger partial charge on any atom is 0.435 e. The molecule has 0 saturated carbocycles. The quantitative estimate of drug-likeness (QED) is 0.437. The summed E-state index contributed by atoms with van der Waals surface area (Å²) in [6.07, 6.45) is -1.64. The minimum Gasteiger partial charge on any atom is -0.472 e. The molecule has 12 nitrogen and oxygen atoms in total. The van der Waals surface area contributed by atoms with Crippen molar-refractivity contribution >= 4 is 23.5 Å². The zero-order valence-electron chi connectivity index (χ0n) is 23.0. The van der Waals surface area contributed by atoms with Crippen LogP contribution in [-0.4, -0.2) is 65.7 Å². The molecule has 3 heterocycles. The minimum absolute atomic E-state index is 0.0172. The molecule has 2 amide bonds. The predicted octanol–water partition coefficient (Wildman–Crippen LogP) is 3.58. The molecule has 0 atom stereocenters. The number of aromatic nitrogens is 6. The zero-order valence-corrected chi connectivity index (χ0v) is 23.8. The molecule has 0 fully saturated rings. The molecule has 0 aliphatic carbocycles. The molecule has 3 aromatic heterocycles. The Bertz CT molecular complexity index is 1240. The third-order valence-corrected chi connectivity index (χ3v) is 5.21. The Balaban J connectivity index is 0.000000658. The summed E-state index contributed by atoms with van der Waals surface area (Å²) in [5.74, 6) is -0.539. The first kappa shape index (κ1) is 31.5. The van der Waals surface area contributed by atoms with Crippen LogP contribution in [0.2, 0.25) is 0 Å². The summed E-state index contributed by atoms with van der Waals surface area (Å²) in [5.41, 5.74) is -1.64. The van der Waals surface area contributed by atoms with Crippen LogP contribution in [0.1, 0.15) is 45.9 Å². The zero-order chi connectivity index (χ0) is 29.6. The Hall–Kier alpha value is -3.69. The van der Waals surface area contributed by atoms with Crippen LogP contribution in [0.4, 0.5) is 18.0 Å². The fourth-order valence-electron chi connectivity index (χ4n) is 3.10. The number of halogens is 3. The highest BCUT2D eigenvalue weighted by atomic mass is 32.1. The van der Waals surface area contributed by atoms with Gasteiger partial charge in [-0.2, -0.15) is 32.7 Å². The molecule has 16 heteroatoms. The SMILES string of the molecule is COc1nc(-c2cc(C(F)(F)F)nn2CC(C)(C)NC(=O)CNC(=O)OC(C)(C)C)ns1.Cc1cnn(C)c1. The normalized spacial score (nSPS) is 11.9. The second-order valence-electron chi connectivity index (χ2n) is 10.1. The predicted molar refractivity (Wildman–Crippen MR) is 137 cm³/mol. The van der Waals surface area contributed by atoms with E-state index >= 15 is 0 Å². The molecule has 0 bridgehead atoms. The van der Waals surface area contributed by atoms with Crippen LogP contribution < -0.4 is 15.4 Å². The molecule has 0 aliphatic rings. The third kappa shape index (κ3) is 10.5. The number of nitrogens with one attached hydrogen (secondary N) is 2. The number of methoxy groups -OCH3 is 1. The van der Waals surface area contributed by atoms with Crippen molar-refractivity contribution in [2.75, 3.05) is 13.7 Å². The lowest BCUT2D eigenvalue weighted by Gasteiger charge is -2.27. The van der Waals surface area contributed by atoms with E-state index in [-0.39, 0.29) is 29.8 Å². The van der Waals surface area contributed by atoms with Gasteiger partial charge in [-0.3, -0.25) is 14.2 Å². The topological polar surface area (TPSA) is 138 Å². The molecule has 3 rings (SSSR count). The average molecular weight is 575 g/mol. The van der Waals surface area contributed by atoms with Gasteiger partial charge in [0.25, 0.3) is 5.19 Å². The standard InChI is InChI=1S/C18H25F3N6O4S.C5H8N2/c1-16(2,3)31-14(29)22-8-12(28)24-17(4,5)9-27-10(7-11(25-27)18(19,20)21)13-23-15(30-6)32-26-13;1-5-3-6-7(2)4-5/h7H,8-9H2,1-6H3,(H,22,29)(H,24,28);3-4H,1-2H3. The van der Waals surface area contributed by atoms with Crippen molar-refractivity contribution in [3.8, 4) is 16.7 Å². The number of carbonyl (C=O) groups excluding carboxylic acids is 2. The van der Waals surface area contributed by atoms with Crippen LogP contribution in [-0.2, 0) is 29.3 Å². The summed E-state index contributed by atoms with van der Waals surface area (Å²) in [5, 5.41) is 12.7. The fraction of sp³-hybridized carbons (Fsp3) is 0.565. The molecule has 0 spiro atoms. The number of ether oxygens (including phenoxy) is 2. The average Bonchev–Trinajstić information content (AvgIpc) is 3.50. The van der Waals surface area contributed by atoms with Crippen molar-refractivity contribution < 1.29 is 32.2 Å². The van der Waals surface area contributed by atoms with E-state index in [0.717, 1.165) is 22.3 Å². The number of amides is 2. The van der Waals surface area contributed by atoms with E-state index in [1.165, 1.54) is 12.7 Å². The van der Waals surface area contributed by atoms with E-state index in [1.54, 1.807) is 39.3 Å². The number of nitrogens with zero attached hydrogens (tertiary/aromatic N) is 6. The van der Waals surface area contributed by atoms with Gasteiger partial charge in [0.1, 0.15) is 17.8 Å². The van der Waals surface area contributed by atoms with Crippen LogP contribution in [0.5, 0.6) is 5.19 Å². The van der Waals surface area contributed by atoms with E-state index in [1.807, 2.05) is 26.4 Å². The smallest absolute Gasteiger partial charge is 0.435 e. The minimum atomic E-state index is -4.68. The lowest BCUT2D eigenvalue weighted by atomic mass is 10.1. The largest absolute Gasteiger partial charge is 0.472 e. The maximum atomic E-state index is 13.2. The molecule has 216 valence electrons. The number of hydrogen-bond donors (Lipinski definition) is 2. The van der Waals surface area contributed by atoms with E-state index in [2.05, 4.69) is 30.2 Å². The Kier molecular flexibility index (Phi) is 10.1. The van der Waals surface area contributed by atoms with E-state index in [9.17, 15) is 22.8 Å². The molecule has 0 unspecified atom stereocenters. The number of alkyl halides is 3. The van der Waals surface area contributed by atoms with Crippen molar-refractivity contribution in [1.82, 2.24) is 39.6 Å². The molecule has 0 saturated heterocycles. The van der Waals surface area contributed by atoms with Gasteiger partial charge >= 0.3 is 12.3 Å². The van der Waals surface area contributed by atoms with Gasteiger partial charge in [-0.05, 0) is 53.2 Å². The van der Waals surface area contributed by atoms with Crippen LogP contribution in [0.25, 0.3) is 11.5 Å². The lowest BCUT2D eigenvalue weighted by molar-refractivity contribution is -0.141. The summed E-state index contributed by atoms with van der Waals surface area (Å²) in [6, 6.07) is 0.837. The van der Waals surface area contributed by atoms with E-state index < -0.39 is 35.0 Å². The second-order valence-corrected chi connectivity index (χ2v) is 10.9. The Morgan fingerprint density at radius 1 is 1.15 bits per heavy atom. The van der Waals surface area contributed by atoms with E-state index in [4.69, 9.17) is 9.47 Å². The maximum absolute atomic E-state index is 13.2. The van der Waals surface area contributed by atoms with Gasteiger partial charge < -0.3 is 20.1 Å². The molecule has 0 aromatic carbocycles. The molecular weight excluding hydrogens is 541 g/mol. The first-order valence-electron chi connectivity index (χ1n) is 11.6. The summed E-state index contributed by atoms with van der Waals surface area (Å²) >= 11 is 0.884. The van der Waals surface area contributed by atoms with Crippen LogP contribution in [0.15, 0.2) is 18.5 Å². The Labute approximate surface area is 228 Å². The number of hydrogen-bond acceptors (Lipinski definition) is 9. The van der Waals surface area contributed by atoms with Gasteiger partial charge in [0.2, 0.25) is 5.91 Å². The van der Waals surface area contributed by atoms with Crippen molar-refractivity contribution in [1.29, 1.82) is 0 Å². The summed E-state index contributed by atoms with van der Waals surface area (Å²) in [6.45, 7) is 9.77. The molecule has 39 heavy (non-hydrogen) atoms. The highest BCUT2D eigenvalue weighted by Crippen LogP contribution is 2.32. The molecule has 0 radical (unpaired) electrons. The van der Waals surface area contributed by atoms with Gasteiger partial charge in [-0.25, -0.2) is 4.79 Å². The number of aryl methyl sites for hydroxylation is 2. The van der Waals surface area contributed by atoms with Gasteiger partial charge in [0.15, 0.2) is 11.5 Å². The monoisotopic (exact) mass is 574 g/mol. The summed E-state index contributed by atoms with van der Waals surface area (Å²) in [4.78, 5) is 28.0. The molecule has 2 N–H and O–H groups in total. The number of rotatable bonds is 7. The van der Waals surface area contributed by atoms with Crippen LogP contribution >= 0.6 is 11.5 Å². The number of alkyl carbamates (subject to hydrolysis) is 1. The first-order valence-corrected chi connectivity index (χ1v) is 12.4.